The molecule has 2 nitrogen and oxygen atoms in total. The molecule has 2 heteroatoms. The summed E-state index contributed by atoms with van der Waals surface area (Å²) in [5, 5.41) is 9.53. The second-order valence-electron chi connectivity index (χ2n) is 3.84. The van der Waals surface area contributed by atoms with E-state index in [-0.39, 0.29) is 0 Å². The van der Waals surface area contributed by atoms with Gasteiger partial charge in [0.1, 0.15) is 5.75 Å². The van der Waals surface area contributed by atoms with Crippen LogP contribution in [0.5, 0.6) is 5.75 Å². The standard InChI is InChI=1S/C11H15NO/c1-8-10-5-6-12(2)7-9(10)3-4-11(8)13/h3-4,13H,5-7H2,1-2H3. The van der Waals surface area contributed by atoms with Crippen molar-refractivity contribution in [3.8, 4) is 5.75 Å². The van der Waals surface area contributed by atoms with Gasteiger partial charge in [-0.05, 0) is 43.1 Å². The van der Waals surface area contributed by atoms with Crippen molar-refractivity contribution < 1.29 is 5.11 Å². The normalized spacial score (nSPS) is 17.1. The Labute approximate surface area is 78.8 Å². The number of fused-ring (bicyclic) bond motifs is 1. The predicted molar refractivity (Wildman–Crippen MR) is 52.9 cm³/mol. The maximum Gasteiger partial charge on any atom is 0.118 e. The Morgan fingerprint density at radius 3 is 2.92 bits per heavy atom. The largest absolute Gasteiger partial charge is 0.508 e. The molecule has 1 N–H and O–H groups in total. The Morgan fingerprint density at radius 1 is 1.38 bits per heavy atom. The molecule has 0 radical (unpaired) electrons. The van der Waals surface area contributed by atoms with Crippen LogP contribution in [0.4, 0.5) is 0 Å². The van der Waals surface area contributed by atoms with Crippen LogP contribution in [0.25, 0.3) is 0 Å². The van der Waals surface area contributed by atoms with E-state index in [2.05, 4.69) is 11.9 Å². The summed E-state index contributed by atoms with van der Waals surface area (Å²) in [4.78, 5) is 2.30. The van der Waals surface area contributed by atoms with Crippen molar-refractivity contribution in [2.75, 3.05) is 13.6 Å². The summed E-state index contributed by atoms with van der Waals surface area (Å²) in [7, 11) is 2.13. The Kier molecular flexibility index (Phi) is 2.00. The second kappa shape index (κ2) is 3.04. The number of nitrogens with zero attached hydrogens (tertiary/aromatic N) is 1. The molecule has 0 saturated carbocycles. The molecule has 1 aromatic carbocycles. The maximum atomic E-state index is 9.53. The van der Waals surface area contributed by atoms with Gasteiger partial charge in [-0.25, -0.2) is 0 Å². The fourth-order valence-corrected chi connectivity index (χ4v) is 1.97. The number of phenols is 1. The van der Waals surface area contributed by atoms with Gasteiger partial charge < -0.3 is 10.0 Å². The van der Waals surface area contributed by atoms with Crippen LogP contribution in [0, 0.1) is 6.92 Å². The molecule has 0 unspecified atom stereocenters. The number of phenolic OH excluding ortho intramolecular Hbond substituents is 1. The molecule has 2 rings (SSSR count). The molecule has 1 aliphatic rings. The molecule has 0 aliphatic carbocycles. The van der Waals surface area contributed by atoms with Gasteiger partial charge >= 0.3 is 0 Å². The Bertz CT molecular complexity index is 333. The molecule has 1 heterocycles. The fourth-order valence-electron chi connectivity index (χ4n) is 1.97. The number of hydrogen-bond donors (Lipinski definition) is 1. The number of aromatic hydroxyl groups is 1. The fraction of sp³-hybridized carbons (Fsp3) is 0.455. The van der Waals surface area contributed by atoms with E-state index in [1.807, 2.05) is 13.0 Å². The van der Waals surface area contributed by atoms with E-state index >= 15 is 0 Å². The molecular formula is C11H15NO. The van der Waals surface area contributed by atoms with Gasteiger partial charge in [0, 0.05) is 13.1 Å². The zero-order valence-electron chi connectivity index (χ0n) is 8.17. The smallest absolute Gasteiger partial charge is 0.118 e. The van der Waals surface area contributed by atoms with Crippen molar-refractivity contribution in [2.45, 2.75) is 19.9 Å². The van der Waals surface area contributed by atoms with E-state index in [4.69, 9.17) is 0 Å². The Hall–Kier alpha value is -1.02. The van der Waals surface area contributed by atoms with Gasteiger partial charge in [0.25, 0.3) is 0 Å². The van der Waals surface area contributed by atoms with Crippen molar-refractivity contribution in [3.63, 3.8) is 0 Å². The first-order chi connectivity index (χ1) is 6.18. The minimum atomic E-state index is 0.434. The highest BCUT2D eigenvalue weighted by atomic mass is 16.3. The van der Waals surface area contributed by atoms with Crippen molar-refractivity contribution >= 4 is 0 Å². The molecule has 70 valence electrons. The summed E-state index contributed by atoms with van der Waals surface area (Å²) in [6.45, 7) is 4.10. The van der Waals surface area contributed by atoms with Crippen LogP contribution in [0.15, 0.2) is 12.1 Å². The zero-order valence-corrected chi connectivity index (χ0v) is 8.17. The van der Waals surface area contributed by atoms with Crippen LogP contribution in [0.1, 0.15) is 16.7 Å². The molecule has 0 saturated heterocycles. The number of hydrogen-bond acceptors (Lipinski definition) is 2. The summed E-state index contributed by atoms with van der Waals surface area (Å²) >= 11 is 0. The third kappa shape index (κ3) is 1.42. The van der Waals surface area contributed by atoms with E-state index in [9.17, 15) is 5.11 Å². The molecule has 0 bridgehead atoms. The van der Waals surface area contributed by atoms with Gasteiger partial charge in [-0.1, -0.05) is 6.07 Å². The topological polar surface area (TPSA) is 23.5 Å². The highest BCUT2D eigenvalue weighted by molar-refractivity contribution is 5.44. The molecular weight excluding hydrogens is 162 g/mol. The van der Waals surface area contributed by atoms with E-state index in [0.717, 1.165) is 25.1 Å². The summed E-state index contributed by atoms with van der Waals surface area (Å²) < 4.78 is 0. The zero-order chi connectivity index (χ0) is 9.42. The van der Waals surface area contributed by atoms with Crippen LogP contribution in [-0.4, -0.2) is 23.6 Å². The summed E-state index contributed by atoms with van der Waals surface area (Å²) in [5.41, 5.74) is 3.77. The number of rotatable bonds is 0. The molecule has 1 aliphatic heterocycles. The third-order valence-corrected chi connectivity index (χ3v) is 2.85. The molecule has 13 heavy (non-hydrogen) atoms. The quantitative estimate of drug-likeness (QED) is 0.652. The Balaban J connectivity index is 2.47. The van der Waals surface area contributed by atoms with Gasteiger partial charge in [0.15, 0.2) is 0 Å². The first-order valence-corrected chi connectivity index (χ1v) is 4.67. The number of benzene rings is 1. The van der Waals surface area contributed by atoms with E-state index in [0.29, 0.717) is 5.75 Å². The maximum absolute atomic E-state index is 9.53. The average molecular weight is 177 g/mol. The van der Waals surface area contributed by atoms with Crippen molar-refractivity contribution in [1.82, 2.24) is 4.90 Å². The molecule has 0 atom stereocenters. The van der Waals surface area contributed by atoms with Gasteiger partial charge in [0.05, 0.1) is 0 Å². The monoisotopic (exact) mass is 177 g/mol. The van der Waals surface area contributed by atoms with Crippen molar-refractivity contribution in [3.05, 3.63) is 28.8 Å². The summed E-state index contributed by atoms with van der Waals surface area (Å²) in [5.74, 6) is 0.434. The minimum Gasteiger partial charge on any atom is -0.508 e. The Morgan fingerprint density at radius 2 is 2.15 bits per heavy atom. The van der Waals surface area contributed by atoms with E-state index in [1.165, 1.54) is 11.1 Å². The van der Waals surface area contributed by atoms with E-state index < -0.39 is 0 Å². The molecule has 0 amide bonds. The van der Waals surface area contributed by atoms with Crippen LogP contribution in [0.3, 0.4) is 0 Å². The second-order valence-corrected chi connectivity index (χ2v) is 3.84. The lowest BCUT2D eigenvalue weighted by molar-refractivity contribution is 0.311. The van der Waals surface area contributed by atoms with Gasteiger partial charge in [-0.15, -0.1) is 0 Å². The third-order valence-electron chi connectivity index (χ3n) is 2.85. The average Bonchev–Trinajstić information content (AvgIpc) is 2.12. The SMILES string of the molecule is Cc1c(O)ccc2c1CCN(C)C2. The molecule has 1 aromatic rings. The molecule has 0 fully saturated rings. The first-order valence-electron chi connectivity index (χ1n) is 4.67. The molecule has 0 spiro atoms. The highest BCUT2D eigenvalue weighted by Gasteiger charge is 2.15. The summed E-state index contributed by atoms with van der Waals surface area (Å²) in [6, 6.07) is 3.83. The van der Waals surface area contributed by atoms with Crippen LogP contribution in [-0.2, 0) is 13.0 Å². The number of likely N-dealkylation sites (N-methyl/N-ethyl adjacent to an activating group) is 1. The van der Waals surface area contributed by atoms with Gasteiger partial charge in [-0.2, -0.15) is 0 Å². The van der Waals surface area contributed by atoms with Gasteiger partial charge in [-0.3, -0.25) is 0 Å². The lowest BCUT2D eigenvalue weighted by Gasteiger charge is -2.26. The first kappa shape index (κ1) is 8.57. The van der Waals surface area contributed by atoms with Gasteiger partial charge in [0.2, 0.25) is 0 Å². The van der Waals surface area contributed by atoms with Crippen LogP contribution >= 0.6 is 0 Å². The van der Waals surface area contributed by atoms with Crippen LogP contribution < -0.4 is 0 Å². The van der Waals surface area contributed by atoms with Crippen LogP contribution in [0.2, 0.25) is 0 Å². The van der Waals surface area contributed by atoms with Crippen molar-refractivity contribution in [2.24, 2.45) is 0 Å². The lowest BCUT2D eigenvalue weighted by atomic mass is 9.95. The molecule has 0 aromatic heterocycles. The van der Waals surface area contributed by atoms with E-state index in [1.54, 1.807) is 6.07 Å². The highest BCUT2D eigenvalue weighted by Crippen LogP contribution is 2.27. The predicted octanol–water partition coefficient (Wildman–Crippen LogP) is 1.69. The van der Waals surface area contributed by atoms with Crippen molar-refractivity contribution in [1.29, 1.82) is 0 Å². The lowest BCUT2D eigenvalue weighted by Crippen LogP contribution is -2.26. The minimum absolute atomic E-state index is 0.434. The summed E-state index contributed by atoms with van der Waals surface area (Å²) in [6.07, 6.45) is 1.06.